The van der Waals surface area contributed by atoms with E-state index in [4.69, 9.17) is 11.6 Å². The molecule has 0 N–H and O–H groups in total. The molecule has 7 heteroatoms. The summed E-state index contributed by atoms with van der Waals surface area (Å²) < 4.78 is 40.2. The van der Waals surface area contributed by atoms with Gasteiger partial charge in [-0.1, -0.05) is 11.6 Å². The summed E-state index contributed by atoms with van der Waals surface area (Å²) in [5.41, 5.74) is -0.217. The second kappa shape index (κ2) is 4.63. The molecule has 0 aliphatic heterocycles. The van der Waals surface area contributed by atoms with Gasteiger partial charge in [-0.25, -0.2) is 0 Å². The zero-order chi connectivity index (χ0) is 12.5. The minimum atomic E-state index is -4.89. The average Bonchev–Trinajstić information content (AvgIpc) is 2.10. The lowest BCUT2D eigenvalue weighted by Gasteiger charge is -2.14. The molecule has 0 bridgehead atoms. The van der Waals surface area contributed by atoms with Gasteiger partial charge in [0.25, 0.3) is 0 Å². The lowest BCUT2D eigenvalue weighted by Crippen LogP contribution is -2.19. The zero-order valence-electron chi connectivity index (χ0n) is 7.86. The number of halogens is 5. The second-order valence-electron chi connectivity index (χ2n) is 2.84. The largest absolute Gasteiger partial charge is 0.573 e. The molecule has 0 atom stereocenters. The maximum atomic E-state index is 12.1. The average molecular weight is 317 g/mol. The summed E-state index contributed by atoms with van der Waals surface area (Å²) in [5, 5.41) is -0.287. The predicted molar refractivity (Wildman–Crippen MR) is 55.8 cm³/mol. The number of Topliss-reactive ketones (excluding diaryl/α,β-unsaturated/α-hetero) is 1. The highest BCUT2D eigenvalue weighted by atomic mass is 79.9. The van der Waals surface area contributed by atoms with Crippen molar-refractivity contribution in [1.29, 1.82) is 0 Å². The molecule has 2 nitrogen and oxygen atoms in total. The van der Waals surface area contributed by atoms with Crippen molar-refractivity contribution in [2.45, 2.75) is 13.3 Å². The molecule has 0 radical (unpaired) electrons. The zero-order valence-corrected chi connectivity index (χ0v) is 10.2. The van der Waals surface area contributed by atoms with Gasteiger partial charge < -0.3 is 4.74 Å². The maximum absolute atomic E-state index is 12.1. The second-order valence-corrected chi connectivity index (χ2v) is 4.07. The van der Waals surface area contributed by atoms with E-state index in [0.29, 0.717) is 0 Å². The van der Waals surface area contributed by atoms with Gasteiger partial charge in [0.1, 0.15) is 0 Å². The third-order valence-electron chi connectivity index (χ3n) is 1.65. The van der Waals surface area contributed by atoms with Gasteiger partial charge >= 0.3 is 6.36 Å². The summed E-state index contributed by atoms with van der Waals surface area (Å²) >= 11 is 8.57. The molecule has 88 valence electrons. The highest BCUT2D eigenvalue weighted by molar-refractivity contribution is 9.10. The summed E-state index contributed by atoms with van der Waals surface area (Å²) in [4.78, 5) is 11.1. The van der Waals surface area contributed by atoms with Crippen LogP contribution in [-0.4, -0.2) is 12.1 Å². The van der Waals surface area contributed by atoms with Crippen molar-refractivity contribution in [3.8, 4) is 5.75 Å². The van der Waals surface area contributed by atoms with Crippen LogP contribution in [0.2, 0.25) is 5.02 Å². The smallest absolute Gasteiger partial charge is 0.403 e. The van der Waals surface area contributed by atoms with Crippen molar-refractivity contribution in [1.82, 2.24) is 0 Å². The number of rotatable bonds is 2. The summed E-state index contributed by atoms with van der Waals surface area (Å²) in [5.74, 6) is -1.25. The number of ketones is 1. The number of alkyl halides is 3. The van der Waals surface area contributed by atoms with Crippen LogP contribution < -0.4 is 4.74 Å². The normalized spacial score (nSPS) is 11.4. The van der Waals surface area contributed by atoms with Crippen molar-refractivity contribution in [3.63, 3.8) is 0 Å². The fraction of sp³-hybridized carbons (Fsp3) is 0.222. The van der Waals surface area contributed by atoms with Crippen molar-refractivity contribution in [2.24, 2.45) is 0 Å². The monoisotopic (exact) mass is 316 g/mol. The lowest BCUT2D eigenvalue weighted by atomic mass is 10.1. The van der Waals surface area contributed by atoms with Gasteiger partial charge in [0.05, 0.1) is 10.6 Å². The van der Waals surface area contributed by atoms with Gasteiger partial charge in [-0.05, 0) is 35.0 Å². The Morgan fingerprint density at radius 3 is 2.44 bits per heavy atom. The van der Waals surface area contributed by atoms with Crippen LogP contribution in [0.15, 0.2) is 16.6 Å². The first-order chi connectivity index (χ1) is 7.22. The number of hydrogen-bond acceptors (Lipinski definition) is 2. The SMILES string of the molecule is CC(=O)c1ccc(Br)c(Cl)c1OC(F)(F)F. The molecule has 0 aliphatic carbocycles. The van der Waals surface area contributed by atoms with E-state index in [2.05, 4.69) is 20.7 Å². The van der Waals surface area contributed by atoms with Gasteiger partial charge in [-0.15, -0.1) is 13.2 Å². The van der Waals surface area contributed by atoms with E-state index in [9.17, 15) is 18.0 Å². The highest BCUT2D eigenvalue weighted by Gasteiger charge is 2.34. The van der Waals surface area contributed by atoms with E-state index in [1.54, 1.807) is 0 Å². The van der Waals surface area contributed by atoms with Crippen LogP contribution in [-0.2, 0) is 0 Å². The maximum Gasteiger partial charge on any atom is 0.573 e. The Bertz CT molecular complexity index is 431. The number of ether oxygens (including phenoxy) is 1. The van der Waals surface area contributed by atoms with Crippen LogP contribution in [0.5, 0.6) is 5.75 Å². The minimum Gasteiger partial charge on any atom is -0.403 e. The van der Waals surface area contributed by atoms with Crippen LogP contribution in [0.4, 0.5) is 13.2 Å². The van der Waals surface area contributed by atoms with Gasteiger partial charge in [-0.2, -0.15) is 0 Å². The third-order valence-corrected chi connectivity index (χ3v) is 2.91. The molecule has 1 aromatic carbocycles. The van der Waals surface area contributed by atoms with Crippen LogP contribution in [0.3, 0.4) is 0 Å². The Kier molecular flexibility index (Phi) is 3.85. The van der Waals surface area contributed by atoms with E-state index in [1.165, 1.54) is 12.1 Å². The van der Waals surface area contributed by atoms with Crippen molar-refractivity contribution >= 4 is 33.3 Å². The summed E-state index contributed by atoms with van der Waals surface area (Å²) in [6, 6.07) is 2.58. The molecule has 1 rings (SSSR count). The number of benzene rings is 1. The Labute approximate surface area is 102 Å². The molecule has 16 heavy (non-hydrogen) atoms. The summed E-state index contributed by atoms with van der Waals surface area (Å²) in [7, 11) is 0. The van der Waals surface area contributed by atoms with Crippen LogP contribution >= 0.6 is 27.5 Å². The Hall–Kier alpha value is -0.750. The Morgan fingerprint density at radius 1 is 1.44 bits per heavy atom. The first-order valence-electron chi connectivity index (χ1n) is 3.97. The first-order valence-corrected chi connectivity index (χ1v) is 5.14. The quantitative estimate of drug-likeness (QED) is 0.764. The predicted octanol–water partition coefficient (Wildman–Crippen LogP) is 4.20. The first kappa shape index (κ1) is 13.3. The van der Waals surface area contributed by atoms with E-state index in [1.807, 2.05) is 0 Å². The standard InChI is InChI=1S/C9H5BrClF3O2/c1-4(15)5-2-3-6(10)7(11)8(5)16-9(12,13)14/h2-3H,1H3. The molecule has 0 spiro atoms. The highest BCUT2D eigenvalue weighted by Crippen LogP contribution is 2.38. The van der Waals surface area contributed by atoms with Gasteiger partial charge in [0.2, 0.25) is 0 Å². The fourth-order valence-corrected chi connectivity index (χ4v) is 1.54. The molecule has 0 heterocycles. The van der Waals surface area contributed by atoms with Gasteiger partial charge in [0.15, 0.2) is 11.5 Å². The van der Waals surface area contributed by atoms with E-state index < -0.39 is 17.9 Å². The van der Waals surface area contributed by atoms with Crippen molar-refractivity contribution < 1.29 is 22.7 Å². The molecular weight excluding hydrogens is 312 g/mol. The van der Waals surface area contributed by atoms with Crippen LogP contribution in [0, 0.1) is 0 Å². The van der Waals surface area contributed by atoms with Crippen LogP contribution in [0.1, 0.15) is 17.3 Å². The van der Waals surface area contributed by atoms with Crippen molar-refractivity contribution in [3.05, 3.63) is 27.2 Å². The van der Waals surface area contributed by atoms with E-state index in [-0.39, 0.29) is 15.1 Å². The van der Waals surface area contributed by atoms with E-state index >= 15 is 0 Å². The Balaban J connectivity index is 3.32. The summed E-state index contributed by atoms with van der Waals surface area (Å²) in [6.07, 6.45) is -4.89. The topological polar surface area (TPSA) is 26.3 Å². The molecular formula is C9H5BrClF3O2. The van der Waals surface area contributed by atoms with Crippen molar-refractivity contribution in [2.75, 3.05) is 0 Å². The molecule has 0 fully saturated rings. The number of hydrogen-bond donors (Lipinski definition) is 0. The van der Waals surface area contributed by atoms with E-state index in [0.717, 1.165) is 6.92 Å². The van der Waals surface area contributed by atoms with Crippen LogP contribution in [0.25, 0.3) is 0 Å². The Morgan fingerprint density at radius 2 is 2.00 bits per heavy atom. The van der Waals surface area contributed by atoms with Gasteiger partial charge in [0, 0.05) is 4.47 Å². The number of carbonyl (C=O) groups excluding carboxylic acids is 1. The fourth-order valence-electron chi connectivity index (χ4n) is 1.02. The molecule has 0 amide bonds. The number of carbonyl (C=O) groups is 1. The lowest BCUT2D eigenvalue weighted by molar-refractivity contribution is -0.274. The molecule has 0 aromatic heterocycles. The molecule has 0 saturated carbocycles. The molecule has 0 unspecified atom stereocenters. The molecule has 0 aliphatic rings. The van der Waals surface area contributed by atoms with Gasteiger partial charge in [-0.3, -0.25) is 4.79 Å². The minimum absolute atomic E-state index is 0.217. The molecule has 1 aromatic rings. The third kappa shape index (κ3) is 3.12. The summed E-state index contributed by atoms with van der Waals surface area (Å²) in [6.45, 7) is 1.13. The molecule has 0 saturated heterocycles.